The van der Waals surface area contributed by atoms with Crippen LogP contribution in [0.3, 0.4) is 0 Å². The highest BCUT2D eigenvalue weighted by Gasteiger charge is 2.59. The molecule has 4 aromatic rings. The fourth-order valence-corrected chi connectivity index (χ4v) is 12.7. The van der Waals surface area contributed by atoms with Crippen molar-refractivity contribution >= 4 is 35.5 Å². The van der Waals surface area contributed by atoms with E-state index in [0.29, 0.717) is 23.7 Å². The summed E-state index contributed by atoms with van der Waals surface area (Å²) in [5.74, 6) is 3.54. The van der Waals surface area contributed by atoms with Gasteiger partial charge in [0.25, 0.3) is 0 Å². The Morgan fingerprint density at radius 1 is 0.681 bits per heavy atom. The van der Waals surface area contributed by atoms with E-state index in [1.165, 1.54) is 66.9 Å². The van der Waals surface area contributed by atoms with Crippen molar-refractivity contribution in [2.75, 3.05) is 14.2 Å². The van der Waals surface area contributed by atoms with E-state index in [4.69, 9.17) is 19.5 Å². The minimum absolute atomic E-state index is 0.0325. The number of carbonyl (C=O) groups is 4. The third-order valence-electron chi connectivity index (χ3n) is 17.1. The van der Waals surface area contributed by atoms with Crippen LogP contribution in [0.5, 0.6) is 0 Å². The number of hydrogen-bond acceptors (Lipinski definition) is 8. The van der Waals surface area contributed by atoms with Gasteiger partial charge in [-0.05, 0) is 132 Å². The number of piperidine rings is 2. The number of carbonyl (C=O) groups excluding carboxylic acids is 4. The SMILES string of the molecule is CCC(C)[C@H](NC(=O)OC)C(=O)N1C2CC2C[C@H]1C1=NC=C(c2ccc(-c3ccc(-c4ccc(-c5cnc([C@@H]6CC7CC7N6C(=O)[C@@H](NC(=O)OC)C(C)CC)[nH]5)cc4)c4c3C3CCC4C3)cc2)[NH2+]1. The molecule has 4 amide bonds. The number of aromatic nitrogens is 2. The lowest BCUT2D eigenvalue weighted by Crippen LogP contribution is -2.87. The van der Waals surface area contributed by atoms with Gasteiger partial charge in [-0.25, -0.2) is 19.6 Å². The van der Waals surface area contributed by atoms with E-state index in [0.717, 1.165) is 72.7 Å². The molecule has 4 aliphatic carbocycles. The summed E-state index contributed by atoms with van der Waals surface area (Å²) in [6, 6.07) is 21.2. The van der Waals surface area contributed by atoms with E-state index < -0.39 is 24.3 Å². The summed E-state index contributed by atoms with van der Waals surface area (Å²) in [5, 5.41) is 7.79. The zero-order chi connectivity index (χ0) is 47.8. The van der Waals surface area contributed by atoms with Gasteiger partial charge in [0.2, 0.25) is 17.6 Å². The van der Waals surface area contributed by atoms with Crippen LogP contribution < -0.4 is 16.0 Å². The van der Waals surface area contributed by atoms with Crippen LogP contribution in [0.1, 0.15) is 126 Å². The number of nitrogens with two attached hydrogens (primary N) is 1. The number of aliphatic imine (C=N–C) groups is 1. The topological polar surface area (TPSA) is 175 Å². The Labute approximate surface area is 404 Å². The summed E-state index contributed by atoms with van der Waals surface area (Å²) in [6.07, 6.45) is 11.5. The number of alkyl carbamates (subject to hydrolysis) is 2. The van der Waals surface area contributed by atoms with Gasteiger partial charge in [-0.3, -0.25) is 14.9 Å². The number of nitrogens with zero attached hydrogens (tertiary/aromatic N) is 4. The average molecular weight is 934 g/mol. The molecule has 5 N–H and O–H groups in total. The molecule has 14 nitrogen and oxygen atoms in total. The number of imidazole rings is 1. The lowest BCUT2D eigenvalue weighted by atomic mass is 9.81. The van der Waals surface area contributed by atoms with Gasteiger partial charge in [0.05, 0.1) is 38.4 Å². The summed E-state index contributed by atoms with van der Waals surface area (Å²) < 4.78 is 9.77. The molecule has 2 bridgehead atoms. The molecular formula is C55H65N8O6+. The first-order valence-electron chi connectivity index (χ1n) is 25.4. The smallest absolute Gasteiger partial charge is 0.407 e. The van der Waals surface area contributed by atoms with E-state index in [-0.39, 0.29) is 47.8 Å². The summed E-state index contributed by atoms with van der Waals surface area (Å²) >= 11 is 0. The minimum Gasteiger partial charge on any atom is -0.453 e. The summed E-state index contributed by atoms with van der Waals surface area (Å²) in [4.78, 5) is 70.0. The fraction of sp³-hybridized carbons (Fsp3) is 0.491. The van der Waals surface area contributed by atoms with Gasteiger partial charge in [-0.2, -0.15) is 0 Å². The maximum Gasteiger partial charge on any atom is 0.407 e. The standard InChI is InChI=1S/C55H64N8O6/c1-7-28(3)48(60-54(66)68-5)52(64)62-42-22-36(42)24-44(62)50-56-26-40(58-50)32-13-9-30(10-14-32)38-19-20-39(47-35-18-17-34(21-35)46(38)47)31-11-15-33(16-12-31)41-27-57-51(59-41)45-25-37-23-43(37)63(45)53(65)49(29(4)8-2)61-55(67)69-6/h9-16,19-20,26-29,34-37,42-45,48-49H,7-8,17-18,21-25H2,1-6H3,(H,56,58)(H,57,59)(H,60,66)(H,61,67)/p+1/t28?,29?,34?,35?,36?,37?,42?,43?,44-,45-,48-,49-/m0/s1. The molecule has 3 aromatic carbocycles. The number of amides is 4. The van der Waals surface area contributed by atoms with Crippen LogP contribution in [0.4, 0.5) is 9.59 Å². The average Bonchev–Trinajstić information content (AvgIpc) is 3.82. The van der Waals surface area contributed by atoms with Crippen molar-refractivity contribution in [3.63, 3.8) is 0 Å². The van der Waals surface area contributed by atoms with Crippen LogP contribution in [0, 0.1) is 23.7 Å². The molecule has 1 aromatic heterocycles. The number of ether oxygens (including phenoxy) is 2. The Bertz CT molecular complexity index is 2750. The van der Waals surface area contributed by atoms with E-state index in [1.54, 1.807) is 0 Å². The molecule has 360 valence electrons. The third-order valence-corrected chi connectivity index (χ3v) is 17.1. The van der Waals surface area contributed by atoms with Crippen LogP contribution in [-0.2, 0) is 19.1 Å². The van der Waals surface area contributed by atoms with E-state index >= 15 is 0 Å². The van der Waals surface area contributed by atoms with E-state index in [1.807, 2.05) is 49.9 Å². The monoisotopic (exact) mass is 934 g/mol. The van der Waals surface area contributed by atoms with Gasteiger partial charge in [0, 0.05) is 17.6 Å². The number of amidine groups is 1. The Morgan fingerprint density at radius 3 is 1.70 bits per heavy atom. The Balaban J connectivity index is 0.782. The quantitative estimate of drug-likeness (QED) is 0.0985. The third kappa shape index (κ3) is 8.02. The molecule has 3 aliphatic heterocycles. The predicted octanol–water partition coefficient (Wildman–Crippen LogP) is 8.24. The normalized spacial score (nSPS) is 27.3. The molecular weight excluding hydrogens is 869 g/mol. The highest BCUT2D eigenvalue weighted by Crippen LogP contribution is 2.59. The van der Waals surface area contributed by atoms with Crippen molar-refractivity contribution in [2.24, 2.45) is 28.7 Å². The molecule has 5 fully saturated rings. The molecule has 0 spiro atoms. The number of rotatable bonds is 14. The zero-order valence-corrected chi connectivity index (χ0v) is 40.5. The maximum atomic E-state index is 14.1. The largest absolute Gasteiger partial charge is 0.453 e. The van der Waals surface area contributed by atoms with Gasteiger partial charge >= 0.3 is 12.2 Å². The molecule has 69 heavy (non-hydrogen) atoms. The van der Waals surface area contributed by atoms with Gasteiger partial charge in [0.15, 0.2) is 5.70 Å². The van der Waals surface area contributed by atoms with Gasteiger partial charge in [-0.15, -0.1) is 0 Å². The first-order valence-corrected chi connectivity index (χ1v) is 25.4. The minimum atomic E-state index is -0.657. The van der Waals surface area contributed by atoms with Crippen LogP contribution in [0.15, 0.2) is 78.1 Å². The first kappa shape index (κ1) is 45.2. The number of H-pyrrole nitrogens is 1. The molecule has 7 aliphatic rings. The molecule has 3 saturated carbocycles. The van der Waals surface area contributed by atoms with Crippen LogP contribution in [-0.4, -0.2) is 94.0 Å². The number of nitrogens with one attached hydrogen (secondary N) is 3. The maximum absolute atomic E-state index is 14.1. The van der Waals surface area contributed by atoms with Crippen molar-refractivity contribution in [3.8, 4) is 33.5 Å². The van der Waals surface area contributed by atoms with Crippen molar-refractivity contribution in [1.82, 2.24) is 30.4 Å². The van der Waals surface area contributed by atoms with Crippen molar-refractivity contribution in [3.05, 3.63) is 95.6 Å². The molecule has 11 rings (SSSR count). The molecule has 2 saturated heterocycles. The summed E-state index contributed by atoms with van der Waals surface area (Å²) in [6.45, 7) is 8.05. The fourth-order valence-electron chi connectivity index (χ4n) is 12.7. The highest BCUT2D eigenvalue weighted by molar-refractivity contribution is 5.94. The first-order chi connectivity index (χ1) is 33.5. The Hall–Kier alpha value is -6.28. The number of fused-ring (bicyclic) bond motifs is 7. The number of quaternary nitrogens is 1. The van der Waals surface area contributed by atoms with Gasteiger partial charge in [0.1, 0.15) is 23.9 Å². The molecule has 14 heteroatoms. The second kappa shape index (κ2) is 17.9. The second-order valence-electron chi connectivity index (χ2n) is 20.9. The number of hydrogen-bond donors (Lipinski definition) is 4. The van der Waals surface area contributed by atoms with Crippen LogP contribution >= 0.6 is 0 Å². The lowest BCUT2D eigenvalue weighted by Gasteiger charge is -2.32. The Morgan fingerprint density at radius 2 is 1.17 bits per heavy atom. The van der Waals surface area contributed by atoms with E-state index in [9.17, 15) is 19.2 Å². The highest BCUT2D eigenvalue weighted by atomic mass is 16.5. The van der Waals surface area contributed by atoms with Crippen molar-refractivity contribution in [2.45, 2.75) is 134 Å². The Kier molecular flexibility index (Phi) is 11.7. The molecule has 12 atom stereocenters. The lowest BCUT2D eigenvalue weighted by molar-refractivity contribution is -0.435. The number of likely N-dealkylation sites (tertiary alicyclic amines) is 2. The van der Waals surface area contributed by atoms with Crippen molar-refractivity contribution < 1.29 is 34.0 Å². The van der Waals surface area contributed by atoms with Crippen LogP contribution in [0.25, 0.3) is 39.2 Å². The van der Waals surface area contributed by atoms with E-state index in [2.05, 4.69) is 81.6 Å². The van der Waals surface area contributed by atoms with Crippen LogP contribution in [0.2, 0.25) is 0 Å². The molecule has 8 unspecified atom stereocenters. The van der Waals surface area contributed by atoms with Gasteiger partial charge < -0.3 is 34.9 Å². The zero-order valence-electron chi connectivity index (χ0n) is 40.5. The number of benzene rings is 3. The summed E-state index contributed by atoms with van der Waals surface area (Å²) in [7, 11) is 2.66. The number of aromatic amines is 1. The van der Waals surface area contributed by atoms with Gasteiger partial charge in [-0.1, -0.05) is 89.1 Å². The molecule has 4 heterocycles. The summed E-state index contributed by atoms with van der Waals surface area (Å²) in [5.41, 5.74) is 12.2. The number of methoxy groups -OCH3 is 2. The molecule has 0 radical (unpaired) electrons. The predicted molar refractivity (Wildman–Crippen MR) is 262 cm³/mol. The second-order valence-corrected chi connectivity index (χ2v) is 20.9. The van der Waals surface area contributed by atoms with Crippen molar-refractivity contribution in [1.29, 1.82) is 0 Å².